The zero-order valence-corrected chi connectivity index (χ0v) is 11.8. The Kier molecular flexibility index (Phi) is 5.45. The van der Waals surface area contributed by atoms with Gasteiger partial charge in [0.1, 0.15) is 0 Å². The monoisotopic (exact) mass is 325 g/mol. The Morgan fingerprint density at radius 2 is 2.26 bits per heavy atom. The number of nitriles is 1. The maximum absolute atomic E-state index is 12.0. The van der Waals surface area contributed by atoms with Crippen molar-refractivity contribution in [3.8, 4) is 6.07 Å². The summed E-state index contributed by atoms with van der Waals surface area (Å²) >= 11 is 3.13. The molecular formula is C12H12BrN3O3. The summed E-state index contributed by atoms with van der Waals surface area (Å²) in [5.41, 5.74) is 0.0327. The van der Waals surface area contributed by atoms with Gasteiger partial charge in [0.15, 0.2) is 0 Å². The van der Waals surface area contributed by atoms with Crippen LogP contribution < -0.4 is 5.32 Å². The minimum atomic E-state index is -0.561. The quantitative estimate of drug-likeness (QED) is 0.665. The highest BCUT2D eigenvalue weighted by atomic mass is 79.9. The van der Waals surface area contributed by atoms with E-state index in [1.54, 1.807) is 0 Å². The number of amides is 1. The molecule has 7 heteroatoms. The maximum Gasteiger partial charge on any atom is 0.271 e. The number of hydrogen-bond acceptors (Lipinski definition) is 4. The van der Waals surface area contributed by atoms with Gasteiger partial charge in [0.05, 0.1) is 17.4 Å². The zero-order valence-electron chi connectivity index (χ0n) is 10.2. The first-order valence-electron chi connectivity index (χ1n) is 5.60. The van der Waals surface area contributed by atoms with E-state index >= 15 is 0 Å². The van der Waals surface area contributed by atoms with Crippen LogP contribution in [0, 0.1) is 21.4 Å². The molecule has 1 unspecified atom stereocenters. The second-order valence-electron chi connectivity index (χ2n) is 3.90. The van der Waals surface area contributed by atoms with E-state index in [4.69, 9.17) is 5.26 Å². The van der Waals surface area contributed by atoms with Crippen LogP contribution in [0.3, 0.4) is 0 Å². The van der Waals surface area contributed by atoms with Crippen LogP contribution in [0.4, 0.5) is 5.69 Å². The minimum absolute atomic E-state index is 0.159. The van der Waals surface area contributed by atoms with E-state index in [2.05, 4.69) is 21.2 Å². The van der Waals surface area contributed by atoms with E-state index in [9.17, 15) is 14.9 Å². The van der Waals surface area contributed by atoms with Gasteiger partial charge in [-0.1, -0.05) is 22.9 Å². The summed E-state index contributed by atoms with van der Waals surface area (Å²) in [6.07, 6.45) is 0.827. The van der Waals surface area contributed by atoms with Crippen LogP contribution in [-0.4, -0.2) is 16.9 Å². The third kappa shape index (κ3) is 4.34. The molecule has 19 heavy (non-hydrogen) atoms. The standard InChI is InChI=1S/C12H12BrN3O3/c1-2-10(3-4-14)15-12(17)8-5-9(13)7-11(6-8)16(18)19/h5-7,10H,2-3H2,1H3,(H,15,17). The van der Waals surface area contributed by atoms with Crippen LogP contribution in [0.5, 0.6) is 0 Å². The Morgan fingerprint density at radius 1 is 1.58 bits per heavy atom. The van der Waals surface area contributed by atoms with Gasteiger partial charge in [-0.2, -0.15) is 5.26 Å². The molecule has 0 bridgehead atoms. The Morgan fingerprint density at radius 3 is 2.79 bits per heavy atom. The highest BCUT2D eigenvalue weighted by molar-refractivity contribution is 9.10. The van der Waals surface area contributed by atoms with Crippen LogP contribution in [-0.2, 0) is 0 Å². The average Bonchev–Trinajstić information content (AvgIpc) is 2.37. The smallest absolute Gasteiger partial charge is 0.271 e. The van der Waals surface area contributed by atoms with Crippen LogP contribution in [0.2, 0.25) is 0 Å². The SMILES string of the molecule is CCC(CC#N)NC(=O)c1cc(Br)cc([N+](=O)[O-])c1. The molecule has 0 aliphatic rings. The number of carbonyl (C=O) groups is 1. The van der Waals surface area contributed by atoms with Gasteiger partial charge >= 0.3 is 0 Å². The van der Waals surface area contributed by atoms with Gasteiger partial charge < -0.3 is 5.32 Å². The fourth-order valence-corrected chi connectivity index (χ4v) is 1.97. The van der Waals surface area contributed by atoms with Crippen molar-refractivity contribution in [2.24, 2.45) is 0 Å². The Labute approximate surface area is 118 Å². The van der Waals surface area contributed by atoms with Gasteiger partial charge in [-0.05, 0) is 12.5 Å². The Bertz CT molecular complexity index is 540. The van der Waals surface area contributed by atoms with Crippen molar-refractivity contribution in [1.29, 1.82) is 5.26 Å². The van der Waals surface area contributed by atoms with E-state index in [0.29, 0.717) is 10.9 Å². The van der Waals surface area contributed by atoms with Gasteiger partial charge in [-0.3, -0.25) is 14.9 Å². The summed E-state index contributed by atoms with van der Waals surface area (Å²) in [5.74, 6) is -0.425. The predicted molar refractivity (Wildman–Crippen MR) is 72.6 cm³/mol. The number of carbonyl (C=O) groups excluding carboxylic acids is 1. The molecule has 0 radical (unpaired) electrons. The number of non-ortho nitro benzene ring substituents is 1. The highest BCUT2D eigenvalue weighted by Crippen LogP contribution is 2.21. The van der Waals surface area contributed by atoms with Crippen molar-refractivity contribution in [3.63, 3.8) is 0 Å². The van der Waals surface area contributed by atoms with E-state index in [0.717, 1.165) is 0 Å². The van der Waals surface area contributed by atoms with Crippen molar-refractivity contribution in [2.45, 2.75) is 25.8 Å². The second kappa shape index (κ2) is 6.85. The van der Waals surface area contributed by atoms with Crippen molar-refractivity contribution < 1.29 is 9.72 Å². The zero-order chi connectivity index (χ0) is 14.4. The third-order valence-corrected chi connectivity index (χ3v) is 2.98. The van der Waals surface area contributed by atoms with Gasteiger partial charge in [-0.15, -0.1) is 0 Å². The lowest BCUT2D eigenvalue weighted by atomic mass is 10.1. The second-order valence-corrected chi connectivity index (χ2v) is 4.81. The lowest BCUT2D eigenvalue weighted by Gasteiger charge is -2.13. The molecule has 0 aliphatic heterocycles. The topological polar surface area (TPSA) is 96.0 Å². The van der Waals surface area contributed by atoms with Crippen molar-refractivity contribution in [2.75, 3.05) is 0 Å². The summed E-state index contributed by atoms with van der Waals surface area (Å²) in [5, 5.41) is 22.0. The molecule has 0 aliphatic carbocycles. The number of nitrogens with one attached hydrogen (secondary N) is 1. The fraction of sp³-hybridized carbons (Fsp3) is 0.333. The molecule has 0 aromatic heterocycles. The van der Waals surface area contributed by atoms with E-state index in [1.807, 2.05) is 13.0 Å². The summed E-state index contributed by atoms with van der Waals surface area (Å²) in [4.78, 5) is 22.1. The predicted octanol–water partition coefficient (Wildman–Crippen LogP) is 2.78. The molecule has 0 fully saturated rings. The normalized spacial score (nSPS) is 11.4. The molecule has 1 atom stereocenters. The molecule has 100 valence electrons. The number of rotatable bonds is 5. The van der Waals surface area contributed by atoms with Crippen LogP contribution in [0.15, 0.2) is 22.7 Å². The number of nitro groups is 1. The fourth-order valence-electron chi connectivity index (χ4n) is 1.49. The molecule has 1 amide bonds. The molecule has 1 rings (SSSR count). The van der Waals surface area contributed by atoms with Crippen molar-refractivity contribution in [3.05, 3.63) is 38.3 Å². The maximum atomic E-state index is 12.0. The van der Waals surface area contributed by atoms with E-state index in [-0.39, 0.29) is 23.7 Å². The molecule has 1 aromatic rings. The molecule has 0 spiro atoms. The first-order chi connectivity index (χ1) is 8.97. The number of hydrogen-bond donors (Lipinski definition) is 1. The van der Waals surface area contributed by atoms with Gasteiger partial charge in [0.2, 0.25) is 0 Å². The molecule has 6 nitrogen and oxygen atoms in total. The summed E-state index contributed by atoms with van der Waals surface area (Å²) in [7, 11) is 0. The lowest BCUT2D eigenvalue weighted by molar-refractivity contribution is -0.385. The molecule has 1 N–H and O–H groups in total. The van der Waals surface area contributed by atoms with Crippen LogP contribution in [0.25, 0.3) is 0 Å². The van der Waals surface area contributed by atoms with Gasteiger partial charge in [0, 0.05) is 28.2 Å². The molecule has 1 aromatic carbocycles. The molecule has 0 saturated carbocycles. The van der Waals surface area contributed by atoms with Crippen LogP contribution in [0.1, 0.15) is 30.1 Å². The largest absolute Gasteiger partial charge is 0.348 e. The van der Waals surface area contributed by atoms with Gasteiger partial charge in [0.25, 0.3) is 11.6 Å². The Balaban J connectivity index is 2.93. The third-order valence-electron chi connectivity index (χ3n) is 2.52. The number of nitrogens with zero attached hydrogens (tertiary/aromatic N) is 2. The number of halogens is 1. The molecular weight excluding hydrogens is 314 g/mol. The average molecular weight is 326 g/mol. The van der Waals surface area contributed by atoms with Crippen LogP contribution >= 0.6 is 15.9 Å². The number of benzene rings is 1. The van der Waals surface area contributed by atoms with Crippen molar-refractivity contribution in [1.82, 2.24) is 5.32 Å². The summed E-state index contributed by atoms with van der Waals surface area (Å²) in [6, 6.07) is 5.76. The first kappa shape index (κ1) is 15.1. The minimum Gasteiger partial charge on any atom is -0.348 e. The summed E-state index contributed by atoms with van der Waals surface area (Å²) < 4.78 is 0.459. The van der Waals surface area contributed by atoms with E-state index in [1.165, 1.54) is 18.2 Å². The van der Waals surface area contributed by atoms with Gasteiger partial charge in [-0.25, -0.2) is 0 Å². The molecule has 0 heterocycles. The summed E-state index contributed by atoms with van der Waals surface area (Å²) in [6.45, 7) is 1.85. The van der Waals surface area contributed by atoms with E-state index < -0.39 is 10.8 Å². The Hall–Kier alpha value is -1.94. The lowest BCUT2D eigenvalue weighted by Crippen LogP contribution is -2.34. The first-order valence-corrected chi connectivity index (χ1v) is 6.40. The number of nitro benzene ring substituents is 1. The molecule has 0 saturated heterocycles. The van der Waals surface area contributed by atoms with Crippen molar-refractivity contribution >= 4 is 27.5 Å². The highest BCUT2D eigenvalue weighted by Gasteiger charge is 2.16.